The van der Waals surface area contributed by atoms with Crippen molar-refractivity contribution in [2.24, 2.45) is 4.99 Å². The summed E-state index contributed by atoms with van der Waals surface area (Å²) in [4.78, 5) is 26.9. The quantitative estimate of drug-likeness (QED) is 0.267. The molecule has 1 heterocycles. The van der Waals surface area contributed by atoms with Crippen LogP contribution in [0.25, 0.3) is 0 Å². The molecule has 3 amide bonds. The van der Waals surface area contributed by atoms with Crippen LogP contribution >= 0.6 is 11.6 Å². The van der Waals surface area contributed by atoms with Crippen LogP contribution in [0.1, 0.15) is 18.5 Å². The van der Waals surface area contributed by atoms with Crippen LogP contribution in [-0.4, -0.2) is 37.7 Å². The second-order valence-electron chi connectivity index (χ2n) is 6.07. The first-order chi connectivity index (χ1) is 13.6. The maximum absolute atomic E-state index is 14.6. The number of carbonyl (C=O) groups excluding carboxylic acids is 2. The Balaban J connectivity index is 2.42. The Hall–Kier alpha value is -2.88. The van der Waals surface area contributed by atoms with Gasteiger partial charge in [0.25, 0.3) is 6.43 Å². The minimum Gasteiger partial charge on any atom is -0.344 e. The fourth-order valence-corrected chi connectivity index (χ4v) is 2.74. The van der Waals surface area contributed by atoms with Crippen LogP contribution in [-0.2, 0) is 4.79 Å². The van der Waals surface area contributed by atoms with E-state index in [1.165, 1.54) is 13.0 Å². The van der Waals surface area contributed by atoms with E-state index in [9.17, 15) is 27.2 Å². The van der Waals surface area contributed by atoms with E-state index in [-0.39, 0.29) is 17.7 Å². The van der Waals surface area contributed by atoms with Gasteiger partial charge in [0.2, 0.25) is 5.91 Å². The lowest BCUT2D eigenvalue weighted by molar-refractivity contribution is -0.123. The van der Waals surface area contributed by atoms with Gasteiger partial charge in [0.15, 0.2) is 0 Å². The number of aliphatic imine (C=N–C) groups is 1. The molecule has 0 spiro atoms. The van der Waals surface area contributed by atoms with Gasteiger partial charge in [-0.3, -0.25) is 9.79 Å². The maximum atomic E-state index is 14.6. The molecule has 2 atom stereocenters. The molecule has 3 N–H and O–H groups in total. The first-order valence-electron chi connectivity index (χ1n) is 8.27. The van der Waals surface area contributed by atoms with Crippen molar-refractivity contribution in [3.8, 4) is 0 Å². The zero-order chi connectivity index (χ0) is 21.7. The highest BCUT2D eigenvalue weighted by atomic mass is 35.5. The normalized spacial score (nSPS) is 18.3. The van der Waals surface area contributed by atoms with Crippen LogP contribution in [0.4, 0.5) is 22.4 Å². The lowest BCUT2D eigenvalue weighted by Gasteiger charge is -2.23. The summed E-state index contributed by atoms with van der Waals surface area (Å²) in [7, 11) is 0. The second-order valence-corrected chi connectivity index (χ2v) is 6.45. The molecule has 0 radical (unpaired) electrons. The number of amides is 3. The van der Waals surface area contributed by atoms with Crippen molar-refractivity contribution in [1.82, 2.24) is 16.0 Å². The Bertz CT molecular complexity index is 889. The van der Waals surface area contributed by atoms with Crippen molar-refractivity contribution in [2.75, 3.05) is 6.54 Å². The molecule has 6 nitrogen and oxygen atoms in total. The molecule has 0 saturated carbocycles. The van der Waals surface area contributed by atoms with E-state index in [4.69, 9.17) is 11.6 Å². The molecule has 1 aliphatic heterocycles. The number of rotatable bonds is 7. The maximum Gasteiger partial charge on any atom is 0.315 e. The molecule has 1 unspecified atom stereocenters. The average molecular weight is 433 g/mol. The summed E-state index contributed by atoms with van der Waals surface area (Å²) in [6.45, 7) is 4.49. The summed E-state index contributed by atoms with van der Waals surface area (Å²) in [6.07, 6.45) is -0.724. The van der Waals surface area contributed by atoms with E-state index in [0.717, 1.165) is 18.2 Å². The largest absolute Gasteiger partial charge is 0.344 e. The highest BCUT2D eigenvalue weighted by molar-refractivity contribution is 6.31. The van der Waals surface area contributed by atoms with E-state index in [1.807, 2.05) is 0 Å². The Morgan fingerprint density at radius 3 is 2.62 bits per heavy atom. The van der Waals surface area contributed by atoms with E-state index in [2.05, 4.69) is 27.7 Å². The number of nitrogens with one attached hydrogen (secondary N) is 3. The number of alkyl halides is 2. The number of hydrogen-bond acceptors (Lipinski definition) is 3. The van der Waals surface area contributed by atoms with Crippen molar-refractivity contribution in [3.05, 3.63) is 57.8 Å². The van der Waals surface area contributed by atoms with E-state index >= 15 is 0 Å². The SMILES string of the molecule is C=N/C(=C\C=C(/C)C(NC(=O)[C@@H]1CNC(=O)N1)c1ccc(F)c(Cl)c1F)C(F)F. The van der Waals surface area contributed by atoms with Crippen LogP contribution in [0.3, 0.4) is 0 Å². The lowest BCUT2D eigenvalue weighted by Crippen LogP contribution is -2.44. The predicted octanol–water partition coefficient (Wildman–Crippen LogP) is 3.25. The minimum atomic E-state index is -2.89. The van der Waals surface area contributed by atoms with Crippen molar-refractivity contribution < 1.29 is 27.2 Å². The molecule has 1 fully saturated rings. The molecule has 29 heavy (non-hydrogen) atoms. The standard InChI is InChI=1S/C18H17ClF4N4O2/c1-8(3-6-11(24-2)16(22)23)15(9-4-5-10(20)13(19)14(9)21)27-17(28)12-7-25-18(29)26-12/h3-6,12,15-16H,2,7H2,1H3,(H,27,28)(H2,25,26,29)/b8-3+,11-6-/t12-,15?/m0/s1. The smallest absolute Gasteiger partial charge is 0.315 e. The number of nitrogens with zero attached hydrogens (tertiary/aromatic N) is 1. The molecule has 1 saturated heterocycles. The molecular formula is C18H17ClF4N4O2. The number of benzene rings is 1. The summed E-state index contributed by atoms with van der Waals surface area (Å²) in [5, 5.41) is 6.49. The third-order valence-corrected chi connectivity index (χ3v) is 4.48. The summed E-state index contributed by atoms with van der Waals surface area (Å²) in [6, 6.07) is -0.672. The van der Waals surface area contributed by atoms with Crippen molar-refractivity contribution in [1.29, 1.82) is 0 Å². The fourth-order valence-electron chi connectivity index (χ4n) is 2.56. The minimum absolute atomic E-state index is 0.00260. The highest BCUT2D eigenvalue weighted by Gasteiger charge is 2.30. The molecule has 11 heteroatoms. The van der Waals surface area contributed by atoms with Gasteiger partial charge in [-0.1, -0.05) is 23.7 Å². The van der Waals surface area contributed by atoms with Gasteiger partial charge in [-0.25, -0.2) is 22.4 Å². The van der Waals surface area contributed by atoms with Crippen LogP contribution in [0.2, 0.25) is 5.02 Å². The molecule has 2 rings (SSSR count). The molecule has 1 aromatic rings. The number of carbonyl (C=O) groups is 2. The Labute approximate surface area is 168 Å². The van der Waals surface area contributed by atoms with Gasteiger partial charge in [-0.05, 0) is 31.4 Å². The third-order valence-electron chi connectivity index (χ3n) is 4.13. The van der Waals surface area contributed by atoms with Gasteiger partial charge < -0.3 is 16.0 Å². The number of urea groups is 1. The van der Waals surface area contributed by atoms with E-state index < -0.39 is 52.8 Å². The summed E-state index contributed by atoms with van der Waals surface area (Å²) < 4.78 is 53.7. The Kier molecular flexibility index (Phi) is 7.38. The van der Waals surface area contributed by atoms with Gasteiger partial charge in [0.1, 0.15) is 28.4 Å². The molecule has 0 bridgehead atoms. The van der Waals surface area contributed by atoms with Gasteiger partial charge in [-0.15, -0.1) is 0 Å². The molecular weight excluding hydrogens is 416 g/mol. The molecule has 0 aliphatic carbocycles. The van der Waals surface area contributed by atoms with Gasteiger partial charge >= 0.3 is 6.03 Å². The average Bonchev–Trinajstić information content (AvgIpc) is 3.11. The zero-order valence-corrected chi connectivity index (χ0v) is 15.9. The zero-order valence-electron chi connectivity index (χ0n) is 15.1. The third kappa shape index (κ3) is 5.35. The molecule has 1 aromatic carbocycles. The monoisotopic (exact) mass is 432 g/mol. The number of halogens is 5. The molecule has 1 aliphatic rings. The van der Waals surface area contributed by atoms with E-state index in [1.54, 1.807) is 0 Å². The molecule has 0 aromatic heterocycles. The van der Waals surface area contributed by atoms with Crippen LogP contribution in [0.15, 0.2) is 40.5 Å². The first-order valence-corrected chi connectivity index (χ1v) is 8.64. The fraction of sp³-hybridized carbons (Fsp3) is 0.278. The highest BCUT2D eigenvalue weighted by Crippen LogP contribution is 2.30. The van der Waals surface area contributed by atoms with Crippen LogP contribution < -0.4 is 16.0 Å². The topological polar surface area (TPSA) is 82.6 Å². The van der Waals surface area contributed by atoms with Crippen molar-refractivity contribution in [2.45, 2.75) is 25.4 Å². The number of hydrogen-bond donors (Lipinski definition) is 3. The summed E-state index contributed by atoms with van der Waals surface area (Å²) in [5.41, 5.74) is -0.590. The number of allylic oxidation sites excluding steroid dienone is 3. The summed E-state index contributed by atoms with van der Waals surface area (Å²) >= 11 is 5.62. The first kappa shape index (κ1) is 22.4. The Morgan fingerprint density at radius 2 is 2.07 bits per heavy atom. The summed E-state index contributed by atoms with van der Waals surface area (Å²) in [5.74, 6) is -2.78. The van der Waals surface area contributed by atoms with Crippen LogP contribution in [0, 0.1) is 11.6 Å². The van der Waals surface area contributed by atoms with Gasteiger partial charge in [-0.2, -0.15) is 0 Å². The van der Waals surface area contributed by atoms with Crippen molar-refractivity contribution >= 4 is 30.3 Å². The second kappa shape index (κ2) is 9.55. The lowest BCUT2D eigenvalue weighted by atomic mass is 9.98. The van der Waals surface area contributed by atoms with Gasteiger partial charge in [0.05, 0.1) is 6.04 Å². The predicted molar refractivity (Wildman–Crippen MR) is 100.0 cm³/mol. The molecule has 156 valence electrons. The van der Waals surface area contributed by atoms with Crippen LogP contribution in [0.5, 0.6) is 0 Å². The van der Waals surface area contributed by atoms with Gasteiger partial charge in [0, 0.05) is 12.1 Å². The Morgan fingerprint density at radius 1 is 1.38 bits per heavy atom. The van der Waals surface area contributed by atoms with Crippen molar-refractivity contribution in [3.63, 3.8) is 0 Å². The van der Waals surface area contributed by atoms with E-state index in [0.29, 0.717) is 0 Å².